The van der Waals surface area contributed by atoms with Gasteiger partial charge in [-0.3, -0.25) is 19.4 Å². The second-order valence-corrected chi connectivity index (χ2v) is 6.22. The zero-order chi connectivity index (χ0) is 20.5. The number of hydrogen-bond acceptors (Lipinski definition) is 4. The summed E-state index contributed by atoms with van der Waals surface area (Å²) >= 11 is 0. The van der Waals surface area contributed by atoms with E-state index >= 15 is 0 Å². The van der Waals surface area contributed by atoms with Crippen LogP contribution >= 0.6 is 0 Å². The first-order chi connectivity index (χ1) is 14.1. The molecule has 3 aromatic rings. The highest BCUT2D eigenvalue weighted by Crippen LogP contribution is 2.09. The Bertz CT molecular complexity index is 974. The fourth-order valence-electron chi connectivity index (χ4n) is 2.54. The molecule has 0 saturated heterocycles. The number of anilines is 1. The van der Waals surface area contributed by atoms with Gasteiger partial charge in [0.25, 0.3) is 11.8 Å². The van der Waals surface area contributed by atoms with Crippen LogP contribution in [0.5, 0.6) is 0 Å². The molecule has 7 heteroatoms. The van der Waals surface area contributed by atoms with Crippen molar-refractivity contribution in [1.29, 1.82) is 0 Å². The molecule has 0 radical (unpaired) electrons. The van der Waals surface area contributed by atoms with Crippen LogP contribution < -0.4 is 16.0 Å². The molecular formula is C22H20N4O3. The number of rotatable bonds is 7. The number of amides is 3. The SMILES string of the molecule is O=C(CNC(=O)c1ccccc1)Nc1ccc(CNC(=O)c2cccnc2)cc1. The normalized spacial score (nSPS) is 10.1. The maximum Gasteiger partial charge on any atom is 0.253 e. The Morgan fingerprint density at radius 2 is 1.45 bits per heavy atom. The summed E-state index contributed by atoms with van der Waals surface area (Å²) in [6.45, 7) is 0.228. The number of aromatic nitrogens is 1. The van der Waals surface area contributed by atoms with Crippen molar-refractivity contribution in [3.8, 4) is 0 Å². The number of pyridine rings is 1. The first kappa shape index (κ1) is 19.8. The summed E-state index contributed by atoms with van der Waals surface area (Å²) < 4.78 is 0. The first-order valence-electron chi connectivity index (χ1n) is 9.02. The Balaban J connectivity index is 1.44. The van der Waals surface area contributed by atoms with Crippen molar-refractivity contribution in [1.82, 2.24) is 15.6 Å². The van der Waals surface area contributed by atoms with Crippen LogP contribution in [-0.4, -0.2) is 29.3 Å². The summed E-state index contributed by atoms with van der Waals surface area (Å²) in [5, 5.41) is 8.10. The van der Waals surface area contributed by atoms with Crippen molar-refractivity contribution >= 4 is 23.4 Å². The van der Waals surface area contributed by atoms with E-state index in [-0.39, 0.29) is 24.3 Å². The third-order valence-electron chi connectivity index (χ3n) is 4.06. The van der Waals surface area contributed by atoms with Gasteiger partial charge in [-0.2, -0.15) is 0 Å². The number of nitrogens with zero attached hydrogens (tertiary/aromatic N) is 1. The molecule has 0 spiro atoms. The molecular weight excluding hydrogens is 368 g/mol. The van der Waals surface area contributed by atoms with E-state index in [2.05, 4.69) is 20.9 Å². The van der Waals surface area contributed by atoms with Crippen LogP contribution in [0, 0.1) is 0 Å². The van der Waals surface area contributed by atoms with E-state index in [1.54, 1.807) is 54.7 Å². The van der Waals surface area contributed by atoms with E-state index < -0.39 is 0 Å². The molecule has 146 valence electrons. The van der Waals surface area contributed by atoms with Gasteiger partial charge in [0.05, 0.1) is 12.1 Å². The maximum absolute atomic E-state index is 12.0. The fourth-order valence-corrected chi connectivity index (χ4v) is 2.54. The molecule has 0 aliphatic carbocycles. The van der Waals surface area contributed by atoms with Gasteiger partial charge in [0.1, 0.15) is 0 Å². The van der Waals surface area contributed by atoms with Gasteiger partial charge in [-0.1, -0.05) is 30.3 Å². The third kappa shape index (κ3) is 6.00. The predicted molar refractivity (Wildman–Crippen MR) is 109 cm³/mol. The van der Waals surface area contributed by atoms with Crippen molar-refractivity contribution in [2.75, 3.05) is 11.9 Å². The first-order valence-corrected chi connectivity index (χ1v) is 9.02. The highest BCUT2D eigenvalue weighted by Gasteiger charge is 2.08. The van der Waals surface area contributed by atoms with Crippen molar-refractivity contribution in [2.45, 2.75) is 6.54 Å². The number of hydrogen-bond donors (Lipinski definition) is 3. The lowest BCUT2D eigenvalue weighted by Gasteiger charge is -2.09. The molecule has 3 rings (SSSR count). The van der Waals surface area contributed by atoms with Crippen LogP contribution in [0.2, 0.25) is 0 Å². The molecule has 2 aromatic carbocycles. The van der Waals surface area contributed by atoms with E-state index in [0.29, 0.717) is 23.4 Å². The quantitative estimate of drug-likeness (QED) is 0.579. The highest BCUT2D eigenvalue weighted by molar-refractivity contribution is 5.99. The van der Waals surface area contributed by atoms with Gasteiger partial charge in [0, 0.05) is 30.2 Å². The maximum atomic E-state index is 12.0. The van der Waals surface area contributed by atoms with E-state index in [0.717, 1.165) is 5.56 Å². The molecule has 0 aliphatic heterocycles. The van der Waals surface area contributed by atoms with E-state index in [1.165, 1.54) is 6.20 Å². The summed E-state index contributed by atoms with van der Waals surface area (Å²) in [5.74, 6) is -0.836. The van der Waals surface area contributed by atoms with Gasteiger partial charge >= 0.3 is 0 Å². The van der Waals surface area contributed by atoms with Crippen molar-refractivity contribution in [2.24, 2.45) is 0 Å². The minimum absolute atomic E-state index is 0.128. The second kappa shape index (κ2) is 9.80. The van der Waals surface area contributed by atoms with Gasteiger partial charge in [-0.25, -0.2) is 0 Å². The van der Waals surface area contributed by atoms with Gasteiger partial charge in [0.2, 0.25) is 5.91 Å². The van der Waals surface area contributed by atoms with E-state index in [9.17, 15) is 14.4 Å². The van der Waals surface area contributed by atoms with Crippen LogP contribution in [0.3, 0.4) is 0 Å². The van der Waals surface area contributed by atoms with Crippen molar-refractivity contribution in [3.63, 3.8) is 0 Å². The molecule has 7 nitrogen and oxygen atoms in total. The number of carbonyl (C=O) groups excluding carboxylic acids is 3. The molecule has 0 atom stereocenters. The van der Waals surface area contributed by atoms with Gasteiger partial charge in [0.15, 0.2) is 0 Å². The minimum Gasteiger partial charge on any atom is -0.348 e. The second-order valence-electron chi connectivity index (χ2n) is 6.22. The van der Waals surface area contributed by atoms with Gasteiger partial charge in [-0.15, -0.1) is 0 Å². The van der Waals surface area contributed by atoms with E-state index in [1.807, 2.05) is 18.2 Å². The number of nitrogens with one attached hydrogen (secondary N) is 3. The molecule has 29 heavy (non-hydrogen) atoms. The highest BCUT2D eigenvalue weighted by atomic mass is 16.2. The Hall–Kier alpha value is -4.00. The Morgan fingerprint density at radius 3 is 2.14 bits per heavy atom. The Kier molecular flexibility index (Phi) is 6.67. The molecule has 1 aromatic heterocycles. The summed E-state index contributed by atoms with van der Waals surface area (Å²) in [6, 6.07) is 19.2. The van der Waals surface area contributed by atoms with Crippen LogP contribution in [0.25, 0.3) is 0 Å². The molecule has 3 amide bonds. The lowest BCUT2D eigenvalue weighted by Crippen LogP contribution is -2.32. The molecule has 0 bridgehead atoms. The van der Waals surface area contributed by atoms with Crippen LogP contribution in [0.1, 0.15) is 26.3 Å². The summed E-state index contributed by atoms with van der Waals surface area (Å²) in [7, 11) is 0. The van der Waals surface area contributed by atoms with Crippen molar-refractivity contribution in [3.05, 3.63) is 95.8 Å². The molecule has 0 fully saturated rings. The van der Waals surface area contributed by atoms with Crippen LogP contribution in [-0.2, 0) is 11.3 Å². The Morgan fingerprint density at radius 1 is 0.759 bits per heavy atom. The van der Waals surface area contributed by atoms with E-state index in [4.69, 9.17) is 0 Å². The number of benzene rings is 2. The monoisotopic (exact) mass is 388 g/mol. The molecule has 1 heterocycles. The van der Waals surface area contributed by atoms with Crippen LogP contribution in [0.15, 0.2) is 79.1 Å². The largest absolute Gasteiger partial charge is 0.348 e. The minimum atomic E-state index is -0.327. The average Bonchev–Trinajstić information content (AvgIpc) is 2.78. The summed E-state index contributed by atoms with van der Waals surface area (Å²) in [5.41, 5.74) is 2.48. The van der Waals surface area contributed by atoms with Gasteiger partial charge in [-0.05, 0) is 42.0 Å². The molecule has 0 saturated carbocycles. The van der Waals surface area contributed by atoms with Crippen LogP contribution in [0.4, 0.5) is 5.69 Å². The zero-order valence-corrected chi connectivity index (χ0v) is 15.6. The standard InChI is InChI=1S/C22H20N4O3/c27-20(15-25-21(28)17-5-2-1-3-6-17)26-19-10-8-16(9-11-19)13-24-22(29)18-7-4-12-23-14-18/h1-12,14H,13,15H2,(H,24,29)(H,25,28)(H,26,27). The molecule has 0 aliphatic rings. The lowest BCUT2D eigenvalue weighted by atomic mass is 10.2. The molecule has 3 N–H and O–H groups in total. The number of carbonyl (C=O) groups is 3. The predicted octanol–water partition coefficient (Wildman–Crippen LogP) is 2.38. The van der Waals surface area contributed by atoms with Crippen molar-refractivity contribution < 1.29 is 14.4 Å². The Labute approximate surface area is 168 Å². The van der Waals surface area contributed by atoms with Gasteiger partial charge < -0.3 is 16.0 Å². The fraction of sp³-hybridized carbons (Fsp3) is 0.0909. The topological polar surface area (TPSA) is 100 Å². The summed E-state index contributed by atoms with van der Waals surface area (Å²) in [6.07, 6.45) is 3.11. The zero-order valence-electron chi connectivity index (χ0n) is 15.6. The summed E-state index contributed by atoms with van der Waals surface area (Å²) in [4.78, 5) is 39.9. The average molecular weight is 388 g/mol. The lowest BCUT2D eigenvalue weighted by molar-refractivity contribution is -0.115. The third-order valence-corrected chi connectivity index (χ3v) is 4.06. The smallest absolute Gasteiger partial charge is 0.253 e. The molecule has 0 unspecified atom stereocenters.